The standard InChI is InChI=1S/C11H21NO3S/c1-9-10(6-7-15-9)16(14)8-4-5-11(13)12(2)3/h9-10H,4-8H2,1-3H3. The summed E-state index contributed by atoms with van der Waals surface area (Å²) in [4.78, 5) is 12.9. The molecular formula is C11H21NO3S. The van der Waals surface area contributed by atoms with Gasteiger partial charge in [0.25, 0.3) is 0 Å². The van der Waals surface area contributed by atoms with Gasteiger partial charge in [-0.3, -0.25) is 9.00 Å². The van der Waals surface area contributed by atoms with Crippen LogP contribution in [-0.4, -0.2) is 52.8 Å². The Morgan fingerprint density at radius 1 is 1.50 bits per heavy atom. The molecule has 1 heterocycles. The summed E-state index contributed by atoms with van der Waals surface area (Å²) in [5.74, 6) is 0.713. The second-order valence-electron chi connectivity index (χ2n) is 4.38. The lowest BCUT2D eigenvalue weighted by Gasteiger charge is -2.14. The molecule has 5 heteroatoms. The second kappa shape index (κ2) is 6.35. The molecule has 0 N–H and O–H groups in total. The molecule has 0 aliphatic carbocycles. The lowest BCUT2D eigenvalue weighted by molar-refractivity contribution is -0.128. The molecule has 0 saturated carbocycles. The first-order valence-corrected chi connectivity index (χ1v) is 7.09. The van der Waals surface area contributed by atoms with Crippen molar-refractivity contribution in [3.8, 4) is 0 Å². The summed E-state index contributed by atoms with van der Waals surface area (Å²) in [5, 5.41) is 0.162. The van der Waals surface area contributed by atoms with Gasteiger partial charge in [0.05, 0.1) is 11.4 Å². The molecule has 0 radical (unpaired) electrons. The van der Waals surface area contributed by atoms with Crippen LogP contribution in [-0.2, 0) is 20.3 Å². The Bertz CT molecular complexity index is 268. The normalized spacial score (nSPS) is 26.7. The average molecular weight is 247 g/mol. The van der Waals surface area contributed by atoms with E-state index in [0.717, 1.165) is 6.42 Å². The molecule has 0 aromatic carbocycles. The van der Waals surface area contributed by atoms with E-state index in [1.165, 1.54) is 0 Å². The van der Waals surface area contributed by atoms with Crippen LogP contribution in [0.3, 0.4) is 0 Å². The molecular weight excluding hydrogens is 226 g/mol. The highest BCUT2D eigenvalue weighted by Crippen LogP contribution is 2.19. The fourth-order valence-corrected chi connectivity index (χ4v) is 3.39. The zero-order valence-electron chi connectivity index (χ0n) is 10.3. The number of nitrogens with zero attached hydrogens (tertiary/aromatic N) is 1. The first-order chi connectivity index (χ1) is 7.52. The third-order valence-electron chi connectivity index (χ3n) is 2.88. The number of carbonyl (C=O) groups is 1. The van der Waals surface area contributed by atoms with Gasteiger partial charge in [0.2, 0.25) is 5.91 Å². The monoisotopic (exact) mass is 247 g/mol. The van der Waals surface area contributed by atoms with E-state index in [9.17, 15) is 9.00 Å². The molecule has 1 fully saturated rings. The highest BCUT2D eigenvalue weighted by Gasteiger charge is 2.29. The SMILES string of the molecule is CC1OCCC1S(=O)CCCC(=O)N(C)C. The molecule has 0 spiro atoms. The maximum absolute atomic E-state index is 11.9. The van der Waals surface area contributed by atoms with Crippen LogP contribution >= 0.6 is 0 Å². The summed E-state index contributed by atoms with van der Waals surface area (Å²) in [6, 6.07) is 0. The Morgan fingerprint density at radius 3 is 2.69 bits per heavy atom. The second-order valence-corrected chi connectivity index (χ2v) is 6.15. The summed E-state index contributed by atoms with van der Waals surface area (Å²) in [5.41, 5.74) is 0. The van der Waals surface area contributed by atoms with E-state index in [4.69, 9.17) is 4.74 Å². The smallest absolute Gasteiger partial charge is 0.222 e. The van der Waals surface area contributed by atoms with Gasteiger partial charge in [0.15, 0.2) is 0 Å². The van der Waals surface area contributed by atoms with Gasteiger partial charge in [-0.1, -0.05) is 0 Å². The van der Waals surface area contributed by atoms with Gasteiger partial charge in [-0.25, -0.2) is 0 Å². The van der Waals surface area contributed by atoms with Gasteiger partial charge < -0.3 is 9.64 Å². The van der Waals surface area contributed by atoms with Gasteiger partial charge in [0, 0.05) is 43.7 Å². The third kappa shape index (κ3) is 3.87. The van der Waals surface area contributed by atoms with Crippen LogP contribution in [0.2, 0.25) is 0 Å². The van der Waals surface area contributed by atoms with Crippen LogP contribution in [0.25, 0.3) is 0 Å². The first kappa shape index (κ1) is 13.6. The van der Waals surface area contributed by atoms with Crippen molar-refractivity contribution in [2.24, 2.45) is 0 Å². The summed E-state index contributed by atoms with van der Waals surface area (Å²) < 4.78 is 17.3. The summed E-state index contributed by atoms with van der Waals surface area (Å²) in [7, 11) is 2.63. The van der Waals surface area contributed by atoms with Crippen LogP contribution < -0.4 is 0 Å². The lowest BCUT2D eigenvalue weighted by atomic mass is 10.3. The molecule has 94 valence electrons. The van der Waals surface area contributed by atoms with Crippen LogP contribution in [0, 0.1) is 0 Å². The number of carbonyl (C=O) groups excluding carboxylic acids is 1. The van der Waals surface area contributed by atoms with Crippen molar-refractivity contribution in [1.82, 2.24) is 4.90 Å². The van der Waals surface area contributed by atoms with E-state index in [0.29, 0.717) is 25.2 Å². The maximum atomic E-state index is 11.9. The summed E-state index contributed by atoms with van der Waals surface area (Å²) in [6.45, 7) is 2.69. The van der Waals surface area contributed by atoms with Crippen LogP contribution in [0.4, 0.5) is 0 Å². The highest BCUT2D eigenvalue weighted by molar-refractivity contribution is 7.85. The fourth-order valence-electron chi connectivity index (χ4n) is 1.80. The van der Waals surface area contributed by atoms with Crippen molar-refractivity contribution in [3.63, 3.8) is 0 Å². The Kier molecular flexibility index (Phi) is 5.41. The molecule has 1 aliphatic rings. The van der Waals surface area contributed by atoms with Crippen molar-refractivity contribution >= 4 is 16.7 Å². The Balaban J connectivity index is 2.22. The first-order valence-electron chi connectivity index (χ1n) is 5.71. The molecule has 1 saturated heterocycles. The van der Waals surface area contributed by atoms with Gasteiger partial charge in [-0.05, 0) is 19.8 Å². The number of hydrogen-bond acceptors (Lipinski definition) is 3. The highest BCUT2D eigenvalue weighted by atomic mass is 32.2. The summed E-state index contributed by atoms with van der Waals surface area (Å²) in [6.07, 6.45) is 2.17. The number of hydrogen-bond donors (Lipinski definition) is 0. The zero-order chi connectivity index (χ0) is 12.1. The molecule has 4 nitrogen and oxygen atoms in total. The van der Waals surface area contributed by atoms with E-state index < -0.39 is 10.8 Å². The van der Waals surface area contributed by atoms with Crippen LogP contribution in [0.5, 0.6) is 0 Å². The average Bonchev–Trinajstić information content (AvgIpc) is 2.64. The van der Waals surface area contributed by atoms with E-state index in [1.54, 1.807) is 19.0 Å². The molecule has 1 rings (SSSR count). The predicted octanol–water partition coefficient (Wildman–Crippen LogP) is 0.781. The minimum Gasteiger partial charge on any atom is -0.377 e. The number of rotatable bonds is 5. The molecule has 3 atom stereocenters. The van der Waals surface area contributed by atoms with Crippen molar-refractivity contribution in [2.45, 2.75) is 37.5 Å². The van der Waals surface area contributed by atoms with Gasteiger partial charge in [0.1, 0.15) is 0 Å². The maximum Gasteiger partial charge on any atom is 0.222 e. The van der Waals surface area contributed by atoms with Gasteiger partial charge >= 0.3 is 0 Å². The minimum atomic E-state index is -0.851. The fraction of sp³-hybridized carbons (Fsp3) is 0.909. The van der Waals surface area contributed by atoms with Crippen LogP contribution in [0.15, 0.2) is 0 Å². The Morgan fingerprint density at radius 2 is 2.19 bits per heavy atom. The van der Waals surface area contributed by atoms with E-state index in [2.05, 4.69) is 0 Å². The van der Waals surface area contributed by atoms with Crippen LogP contribution in [0.1, 0.15) is 26.2 Å². The van der Waals surface area contributed by atoms with Crippen molar-refractivity contribution in [2.75, 3.05) is 26.5 Å². The van der Waals surface area contributed by atoms with Gasteiger partial charge in [-0.2, -0.15) is 0 Å². The van der Waals surface area contributed by atoms with Crippen molar-refractivity contribution in [3.05, 3.63) is 0 Å². The van der Waals surface area contributed by atoms with Gasteiger partial charge in [-0.15, -0.1) is 0 Å². The van der Waals surface area contributed by atoms with E-state index in [1.807, 2.05) is 6.92 Å². The van der Waals surface area contributed by atoms with E-state index in [-0.39, 0.29) is 17.3 Å². The van der Waals surface area contributed by atoms with E-state index >= 15 is 0 Å². The predicted molar refractivity (Wildman–Crippen MR) is 64.8 cm³/mol. The zero-order valence-corrected chi connectivity index (χ0v) is 11.1. The van der Waals surface area contributed by atoms with Crippen molar-refractivity contribution < 1.29 is 13.7 Å². The Hall–Kier alpha value is -0.420. The van der Waals surface area contributed by atoms with Crippen molar-refractivity contribution in [1.29, 1.82) is 0 Å². The molecule has 1 aliphatic heterocycles. The molecule has 0 aromatic rings. The molecule has 1 amide bonds. The largest absolute Gasteiger partial charge is 0.377 e. The molecule has 3 unspecified atom stereocenters. The molecule has 0 aromatic heterocycles. The third-order valence-corrected chi connectivity index (χ3v) is 4.86. The molecule has 16 heavy (non-hydrogen) atoms. The lowest BCUT2D eigenvalue weighted by Crippen LogP contribution is -2.26. The number of amides is 1. The molecule has 0 bridgehead atoms. The quantitative estimate of drug-likeness (QED) is 0.721. The minimum absolute atomic E-state index is 0.102. The summed E-state index contributed by atoms with van der Waals surface area (Å²) >= 11 is 0. The number of ether oxygens (including phenoxy) is 1. The topological polar surface area (TPSA) is 46.6 Å². The Labute approximate surface area is 99.8 Å².